The van der Waals surface area contributed by atoms with E-state index in [0.717, 1.165) is 12.8 Å². The van der Waals surface area contributed by atoms with E-state index in [2.05, 4.69) is 0 Å². The summed E-state index contributed by atoms with van der Waals surface area (Å²) >= 11 is 0. The number of methoxy groups -OCH3 is 3. The summed E-state index contributed by atoms with van der Waals surface area (Å²) in [6.45, 7) is 0.850. The molecule has 2 heterocycles. The number of Topliss-reactive ketones (excluding diaryl/α,β-unsaturated/α-hetero) is 1. The second-order valence-corrected chi connectivity index (χ2v) is 7.92. The maximum Gasteiger partial charge on any atom is 0.295 e. The first-order valence-electron chi connectivity index (χ1n) is 10.7. The van der Waals surface area contributed by atoms with Gasteiger partial charge in [-0.25, -0.2) is 0 Å². The summed E-state index contributed by atoms with van der Waals surface area (Å²) in [5.74, 6) is -0.0811. The lowest BCUT2D eigenvalue weighted by molar-refractivity contribution is -0.140. The maximum atomic E-state index is 13.2. The molecule has 4 rings (SSSR count). The minimum absolute atomic E-state index is 0.00489. The first kappa shape index (κ1) is 22.7. The molecule has 8 nitrogen and oxygen atoms in total. The van der Waals surface area contributed by atoms with E-state index in [1.807, 2.05) is 0 Å². The van der Waals surface area contributed by atoms with E-state index in [-0.39, 0.29) is 24.0 Å². The smallest absolute Gasteiger partial charge is 0.295 e. The summed E-state index contributed by atoms with van der Waals surface area (Å²) in [6, 6.07) is 11.0. The Balaban J connectivity index is 1.88. The third-order valence-electron chi connectivity index (χ3n) is 6.06. The topological polar surface area (TPSA) is 94.5 Å². The Labute approximate surface area is 192 Å². The summed E-state index contributed by atoms with van der Waals surface area (Å²) in [5, 5.41) is 11.2. The van der Waals surface area contributed by atoms with Crippen molar-refractivity contribution < 1.29 is 33.6 Å². The first-order chi connectivity index (χ1) is 16.0. The zero-order chi connectivity index (χ0) is 23.5. The van der Waals surface area contributed by atoms with E-state index in [1.54, 1.807) is 49.6 Å². The second-order valence-electron chi connectivity index (χ2n) is 7.92. The van der Waals surface area contributed by atoms with E-state index >= 15 is 0 Å². The molecule has 0 spiro atoms. The third-order valence-corrected chi connectivity index (χ3v) is 6.06. The number of aliphatic hydroxyl groups excluding tert-OH is 1. The molecule has 2 atom stereocenters. The van der Waals surface area contributed by atoms with Crippen LogP contribution in [0, 0.1) is 0 Å². The van der Waals surface area contributed by atoms with Gasteiger partial charge in [0.1, 0.15) is 23.0 Å². The number of aliphatic hydroxyl groups is 1. The molecule has 0 radical (unpaired) electrons. The summed E-state index contributed by atoms with van der Waals surface area (Å²) in [6.07, 6.45) is 1.51. The van der Waals surface area contributed by atoms with Gasteiger partial charge in [-0.15, -0.1) is 0 Å². The predicted octanol–water partition coefficient (Wildman–Crippen LogP) is 3.31. The maximum absolute atomic E-state index is 13.2. The van der Waals surface area contributed by atoms with Gasteiger partial charge in [0, 0.05) is 24.3 Å². The standard InChI is InChI=1S/C25H27NO7/c1-30-16-8-6-15(7-9-16)23(27)21-22(19-13-17(31-2)10-11-20(19)32-3)26(25(29)24(21)28)14-18-5-4-12-33-18/h6-11,13,18,22,27H,4-5,12,14H2,1-3H3/t18-,22+/m1/s1. The van der Waals surface area contributed by atoms with Gasteiger partial charge in [0.05, 0.1) is 39.0 Å². The van der Waals surface area contributed by atoms with Crippen molar-refractivity contribution in [2.24, 2.45) is 0 Å². The highest BCUT2D eigenvalue weighted by atomic mass is 16.5. The van der Waals surface area contributed by atoms with Gasteiger partial charge >= 0.3 is 0 Å². The molecule has 0 bridgehead atoms. The summed E-state index contributed by atoms with van der Waals surface area (Å²) in [5.41, 5.74) is 0.941. The zero-order valence-electron chi connectivity index (χ0n) is 18.9. The van der Waals surface area contributed by atoms with Gasteiger partial charge in [-0.05, 0) is 55.3 Å². The van der Waals surface area contributed by atoms with E-state index in [0.29, 0.717) is 35.0 Å². The highest BCUT2D eigenvalue weighted by Crippen LogP contribution is 2.44. The molecular weight excluding hydrogens is 426 g/mol. The van der Waals surface area contributed by atoms with Gasteiger partial charge in [0.15, 0.2) is 0 Å². The van der Waals surface area contributed by atoms with Crippen LogP contribution in [-0.2, 0) is 14.3 Å². The summed E-state index contributed by atoms with van der Waals surface area (Å²) < 4.78 is 21.8. The van der Waals surface area contributed by atoms with E-state index in [9.17, 15) is 14.7 Å². The predicted molar refractivity (Wildman–Crippen MR) is 121 cm³/mol. The van der Waals surface area contributed by atoms with Gasteiger partial charge < -0.3 is 29.0 Å². The van der Waals surface area contributed by atoms with Gasteiger partial charge in [0.25, 0.3) is 11.7 Å². The number of benzene rings is 2. The van der Waals surface area contributed by atoms with Crippen LogP contribution in [0.4, 0.5) is 0 Å². The number of hydrogen-bond donors (Lipinski definition) is 1. The fourth-order valence-electron chi connectivity index (χ4n) is 4.36. The lowest BCUT2D eigenvalue weighted by Crippen LogP contribution is -2.36. The van der Waals surface area contributed by atoms with Gasteiger partial charge in [-0.1, -0.05) is 0 Å². The van der Waals surface area contributed by atoms with E-state index in [4.69, 9.17) is 18.9 Å². The highest BCUT2D eigenvalue weighted by molar-refractivity contribution is 6.46. The Kier molecular flexibility index (Phi) is 6.55. The van der Waals surface area contributed by atoms with Crippen molar-refractivity contribution >= 4 is 17.4 Å². The molecule has 0 unspecified atom stereocenters. The van der Waals surface area contributed by atoms with Crippen LogP contribution in [0.15, 0.2) is 48.0 Å². The Morgan fingerprint density at radius 3 is 2.33 bits per heavy atom. The molecule has 2 aliphatic heterocycles. The number of likely N-dealkylation sites (tertiary alicyclic amines) is 1. The van der Waals surface area contributed by atoms with Gasteiger partial charge in [-0.3, -0.25) is 9.59 Å². The van der Waals surface area contributed by atoms with Crippen molar-refractivity contribution in [2.75, 3.05) is 34.5 Å². The van der Waals surface area contributed by atoms with Crippen LogP contribution in [0.1, 0.15) is 30.0 Å². The van der Waals surface area contributed by atoms with Crippen molar-refractivity contribution in [3.63, 3.8) is 0 Å². The van der Waals surface area contributed by atoms with Crippen LogP contribution in [0.2, 0.25) is 0 Å². The number of hydrogen-bond acceptors (Lipinski definition) is 7. The lowest BCUT2D eigenvalue weighted by atomic mass is 9.94. The molecule has 1 N–H and O–H groups in total. The van der Waals surface area contributed by atoms with E-state index < -0.39 is 17.7 Å². The third kappa shape index (κ3) is 4.26. The average Bonchev–Trinajstić information content (AvgIpc) is 3.45. The first-order valence-corrected chi connectivity index (χ1v) is 10.7. The largest absolute Gasteiger partial charge is 0.507 e. The molecule has 2 aliphatic rings. The molecule has 2 aromatic rings. The van der Waals surface area contributed by atoms with Crippen molar-refractivity contribution in [3.05, 3.63) is 59.2 Å². The Morgan fingerprint density at radius 1 is 1.03 bits per heavy atom. The fraction of sp³-hybridized carbons (Fsp3) is 0.360. The van der Waals surface area contributed by atoms with Crippen LogP contribution in [-0.4, -0.2) is 62.3 Å². The number of carbonyl (C=O) groups excluding carboxylic acids is 2. The van der Waals surface area contributed by atoms with Crippen LogP contribution < -0.4 is 14.2 Å². The Hall–Kier alpha value is -3.52. The van der Waals surface area contributed by atoms with Crippen molar-refractivity contribution in [1.82, 2.24) is 4.90 Å². The Bertz CT molecular complexity index is 1070. The second kappa shape index (κ2) is 9.54. The molecule has 33 heavy (non-hydrogen) atoms. The molecule has 2 aromatic carbocycles. The van der Waals surface area contributed by atoms with Crippen LogP contribution in [0.5, 0.6) is 17.2 Å². The van der Waals surface area contributed by atoms with Crippen LogP contribution in [0.3, 0.4) is 0 Å². The van der Waals surface area contributed by atoms with Crippen LogP contribution >= 0.6 is 0 Å². The molecule has 0 aromatic heterocycles. The molecule has 2 fully saturated rings. The van der Waals surface area contributed by atoms with Crippen molar-refractivity contribution in [2.45, 2.75) is 25.0 Å². The van der Waals surface area contributed by atoms with Gasteiger partial charge in [0.2, 0.25) is 0 Å². The molecular formula is C25H27NO7. The normalized spacial score (nSPS) is 22.0. The molecule has 0 aliphatic carbocycles. The number of amides is 1. The monoisotopic (exact) mass is 453 g/mol. The van der Waals surface area contributed by atoms with E-state index in [1.165, 1.54) is 19.1 Å². The number of nitrogens with zero attached hydrogens (tertiary/aromatic N) is 1. The SMILES string of the molecule is COc1ccc(C(O)=C2C(=O)C(=O)N(C[C@H]3CCCO3)[C@H]2c2cc(OC)ccc2OC)cc1. The highest BCUT2D eigenvalue weighted by Gasteiger charge is 2.48. The fourth-order valence-corrected chi connectivity index (χ4v) is 4.36. The Morgan fingerprint density at radius 2 is 1.73 bits per heavy atom. The number of rotatable bonds is 7. The minimum Gasteiger partial charge on any atom is -0.507 e. The van der Waals surface area contributed by atoms with Crippen molar-refractivity contribution in [3.8, 4) is 17.2 Å². The van der Waals surface area contributed by atoms with Crippen LogP contribution in [0.25, 0.3) is 5.76 Å². The number of ketones is 1. The number of ether oxygens (including phenoxy) is 4. The molecule has 1 amide bonds. The van der Waals surface area contributed by atoms with Crippen molar-refractivity contribution in [1.29, 1.82) is 0 Å². The minimum atomic E-state index is -0.860. The summed E-state index contributed by atoms with van der Waals surface area (Å²) in [7, 11) is 4.59. The number of carbonyl (C=O) groups is 2. The molecule has 8 heteroatoms. The average molecular weight is 453 g/mol. The molecule has 0 saturated carbocycles. The zero-order valence-corrected chi connectivity index (χ0v) is 18.9. The lowest BCUT2D eigenvalue weighted by Gasteiger charge is -2.28. The molecule has 174 valence electrons. The van der Waals surface area contributed by atoms with Gasteiger partial charge in [-0.2, -0.15) is 0 Å². The quantitative estimate of drug-likeness (QED) is 0.390. The molecule has 2 saturated heterocycles. The summed E-state index contributed by atoms with van der Waals surface area (Å²) in [4.78, 5) is 27.8.